The van der Waals surface area contributed by atoms with Crippen molar-refractivity contribution in [3.8, 4) is 5.75 Å². The van der Waals surface area contributed by atoms with Crippen LogP contribution in [0.2, 0.25) is 0 Å². The van der Waals surface area contributed by atoms with E-state index in [1.165, 1.54) is 12.1 Å². The summed E-state index contributed by atoms with van der Waals surface area (Å²) in [6.45, 7) is 9.23. The van der Waals surface area contributed by atoms with Crippen LogP contribution in [0.15, 0.2) is 53.5 Å². The second-order valence-electron chi connectivity index (χ2n) is 7.14. The third kappa shape index (κ3) is 7.65. The average Bonchev–Trinajstić information content (AvgIpc) is 2.77. The summed E-state index contributed by atoms with van der Waals surface area (Å²) < 4.78 is 24.4. The summed E-state index contributed by atoms with van der Waals surface area (Å²) in [5.41, 5.74) is 1.90. The van der Waals surface area contributed by atoms with Crippen LogP contribution < -0.4 is 15.4 Å². The second kappa shape index (κ2) is 12.1. The van der Waals surface area contributed by atoms with Crippen molar-refractivity contribution in [2.75, 3.05) is 45.9 Å². The maximum atomic E-state index is 13.2. The van der Waals surface area contributed by atoms with Crippen molar-refractivity contribution in [1.82, 2.24) is 15.5 Å². The molecule has 0 amide bonds. The molecule has 2 N–H and O–H groups in total. The number of hydrogen-bond acceptors (Lipinski definition) is 4. The minimum Gasteiger partial charge on any atom is -0.489 e. The van der Waals surface area contributed by atoms with E-state index < -0.39 is 0 Å². The molecule has 30 heavy (non-hydrogen) atoms. The first-order chi connectivity index (χ1) is 14.7. The summed E-state index contributed by atoms with van der Waals surface area (Å²) in [5.74, 6) is 1.32. The Morgan fingerprint density at radius 3 is 2.63 bits per heavy atom. The molecule has 162 valence electrons. The van der Waals surface area contributed by atoms with Gasteiger partial charge in [-0.05, 0) is 42.3 Å². The molecule has 1 saturated heterocycles. The Balaban J connectivity index is 1.45. The molecular formula is C23H31FN4O2. The molecule has 7 heteroatoms. The summed E-state index contributed by atoms with van der Waals surface area (Å²) in [5, 5.41) is 6.68. The minimum absolute atomic E-state index is 0.251. The lowest BCUT2D eigenvalue weighted by molar-refractivity contribution is 0.0389. The third-order valence-electron chi connectivity index (χ3n) is 4.81. The number of halogens is 1. The number of aliphatic imine (C=N–C) groups is 1. The lowest BCUT2D eigenvalue weighted by Gasteiger charge is -2.26. The van der Waals surface area contributed by atoms with Gasteiger partial charge in [-0.25, -0.2) is 9.38 Å². The summed E-state index contributed by atoms with van der Waals surface area (Å²) in [6.07, 6.45) is 0. The Morgan fingerprint density at radius 1 is 1.10 bits per heavy atom. The van der Waals surface area contributed by atoms with Crippen LogP contribution in [0.5, 0.6) is 5.75 Å². The molecule has 2 aromatic carbocycles. The molecule has 1 aliphatic rings. The highest BCUT2D eigenvalue weighted by Crippen LogP contribution is 2.15. The van der Waals surface area contributed by atoms with Crippen molar-refractivity contribution in [3.05, 3.63) is 65.5 Å². The zero-order chi connectivity index (χ0) is 21.0. The molecule has 1 aliphatic heterocycles. The zero-order valence-electron chi connectivity index (χ0n) is 17.6. The van der Waals surface area contributed by atoms with Gasteiger partial charge in [0.1, 0.15) is 18.2 Å². The Morgan fingerprint density at radius 2 is 1.90 bits per heavy atom. The van der Waals surface area contributed by atoms with E-state index in [2.05, 4.69) is 27.4 Å². The average molecular weight is 415 g/mol. The van der Waals surface area contributed by atoms with E-state index in [1.54, 1.807) is 6.07 Å². The number of nitrogens with zero attached hydrogens (tertiary/aromatic N) is 2. The van der Waals surface area contributed by atoms with Crippen LogP contribution in [-0.2, 0) is 17.9 Å². The van der Waals surface area contributed by atoms with Crippen molar-refractivity contribution in [2.45, 2.75) is 20.1 Å². The van der Waals surface area contributed by atoms with Gasteiger partial charge in [-0.2, -0.15) is 0 Å². The fraction of sp³-hybridized carbons (Fsp3) is 0.435. The number of benzene rings is 2. The van der Waals surface area contributed by atoms with Gasteiger partial charge in [0, 0.05) is 32.7 Å². The molecule has 0 atom stereocenters. The number of ether oxygens (including phenoxy) is 2. The molecule has 2 aromatic rings. The van der Waals surface area contributed by atoms with Gasteiger partial charge in [0.25, 0.3) is 0 Å². The van der Waals surface area contributed by atoms with E-state index in [-0.39, 0.29) is 5.82 Å². The van der Waals surface area contributed by atoms with Gasteiger partial charge in [0.05, 0.1) is 19.8 Å². The minimum atomic E-state index is -0.251. The van der Waals surface area contributed by atoms with Gasteiger partial charge in [0.2, 0.25) is 0 Å². The van der Waals surface area contributed by atoms with Crippen LogP contribution in [0, 0.1) is 5.82 Å². The SMILES string of the molecule is CCNC(=NCc1ccc(OCc2cccc(F)c2)cc1)NCCN1CCOCC1. The fourth-order valence-corrected chi connectivity index (χ4v) is 3.15. The molecule has 0 saturated carbocycles. The quantitative estimate of drug-likeness (QED) is 0.488. The molecule has 0 aliphatic carbocycles. The standard InChI is InChI=1S/C23H31FN4O2/c1-2-25-23(26-10-11-28-12-14-29-15-13-28)27-17-19-6-8-22(9-7-19)30-18-20-4-3-5-21(24)16-20/h3-9,16H,2,10-15,17-18H2,1H3,(H2,25,26,27). The Bertz CT molecular complexity index is 792. The molecule has 6 nitrogen and oxygen atoms in total. The highest BCUT2D eigenvalue weighted by molar-refractivity contribution is 5.79. The van der Waals surface area contributed by atoms with Crippen LogP contribution in [-0.4, -0.2) is 56.8 Å². The predicted molar refractivity (Wildman–Crippen MR) is 117 cm³/mol. The number of hydrogen-bond donors (Lipinski definition) is 2. The monoisotopic (exact) mass is 414 g/mol. The van der Waals surface area contributed by atoms with E-state index in [0.717, 1.165) is 68.8 Å². The predicted octanol–water partition coefficient (Wildman–Crippen LogP) is 2.79. The molecule has 3 rings (SSSR count). The largest absolute Gasteiger partial charge is 0.489 e. The molecule has 0 bridgehead atoms. The van der Waals surface area contributed by atoms with Crippen LogP contribution in [0.25, 0.3) is 0 Å². The van der Waals surface area contributed by atoms with Crippen LogP contribution in [0.4, 0.5) is 4.39 Å². The molecule has 1 fully saturated rings. The van der Waals surface area contributed by atoms with Gasteiger partial charge in [0.15, 0.2) is 5.96 Å². The van der Waals surface area contributed by atoms with E-state index in [9.17, 15) is 4.39 Å². The van der Waals surface area contributed by atoms with Crippen LogP contribution in [0.3, 0.4) is 0 Å². The lowest BCUT2D eigenvalue weighted by atomic mass is 10.2. The van der Waals surface area contributed by atoms with Crippen LogP contribution >= 0.6 is 0 Å². The third-order valence-corrected chi connectivity index (χ3v) is 4.81. The summed E-state index contributed by atoms with van der Waals surface area (Å²) in [4.78, 5) is 7.06. The topological polar surface area (TPSA) is 58.1 Å². The normalized spacial score (nSPS) is 15.1. The highest BCUT2D eigenvalue weighted by Gasteiger charge is 2.09. The van der Waals surface area contributed by atoms with Crippen LogP contribution in [0.1, 0.15) is 18.1 Å². The number of nitrogens with one attached hydrogen (secondary N) is 2. The maximum Gasteiger partial charge on any atom is 0.191 e. The first-order valence-corrected chi connectivity index (χ1v) is 10.5. The van der Waals surface area contributed by atoms with E-state index in [1.807, 2.05) is 30.3 Å². The van der Waals surface area contributed by atoms with Crippen molar-refractivity contribution in [1.29, 1.82) is 0 Å². The van der Waals surface area contributed by atoms with Gasteiger partial charge in [-0.15, -0.1) is 0 Å². The Labute approximate surface area is 178 Å². The molecule has 0 radical (unpaired) electrons. The molecular weight excluding hydrogens is 383 g/mol. The van der Waals surface area contributed by atoms with Crippen molar-refractivity contribution in [3.63, 3.8) is 0 Å². The summed E-state index contributed by atoms with van der Waals surface area (Å²) >= 11 is 0. The Kier molecular flexibility index (Phi) is 8.93. The molecule has 0 aromatic heterocycles. The van der Waals surface area contributed by atoms with Gasteiger partial charge >= 0.3 is 0 Å². The van der Waals surface area contributed by atoms with Gasteiger partial charge < -0.3 is 20.1 Å². The van der Waals surface area contributed by atoms with E-state index in [4.69, 9.17) is 9.47 Å². The molecule has 1 heterocycles. The lowest BCUT2D eigenvalue weighted by Crippen LogP contribution is -2.44. The zero-order valence-corrected chi connectivity index (χ0v) is 17.6. The number of morpholine rings is 1. The first kappa shape index (κ1) is 22.1. The number of rotatable bonds is 9. The van der Waals surface area contributed by atoms with Crippen molar-refractivity contribution < 1.29 is 13.9 Å². The smallest absolute Gasteiger partial charge is 0.191 e. The maximum absolute atomic E-state index is 13.2. The molecule has 0 spiro atoms. The highest BCUT2D eigenvalue weighted by atomic mass is 19.1. The van der Waals surface area contributed by atoms with Crippen molar-refractivity contribution >= 4 is 5.96 Å². The first-order valence-electron chi connectivity index (χ1n) is 10.5. The van der Waals surface area contributed by atoms with E-state index in [0.29, 0.717) is 13.2 Å². The van der Waals surface area contributed by atoms with E-state index >= 15 is 0 Å². The van der Waals surface area contributed by atoms with Gasteiger partial charge in [-0.1, -0.05) is 24.3 Å². The van der Waals surface area contributed by atoms with Crippen molar-refractivity contribution in [2.24, 2.45) is 4.99 Å². The Hall–Kier alpha value is -2.64. The number of guanidine groups is 1. The summed E-state index contributed by atoms with van der Waals surface area (Å²) in [7, 11) is 0. The molecule has 0 unspecified atom stereocenters. The second-order valence-corrected chi connectivity index (χ2v) is 7.14. The van der Waals surface area contributed by atoms with Gasteiger partial charge in [-0.3, -0.25) is 4.90 Å². The summed E-state index contributed by atoms with van der Waals surface area (Å²) in [6, 6.07) is 14.3. The fourth-order valence-electron chi connectivity index (χ4n) is 3.15.